The first kappa shape index (κ1) is 16.2. The Morgan fingerprint density at radius 1 is 1.05 bits per heavy atom. The molecule has 2 fully saturated rings. The van der Waals surface area contributed by atoms with Crippen LogP contribution in [-0.2, 0) is 29.2 Å². The average molecular weight is 320 g/mol. The van der Waals surface area contributed by atoms with E-state index in [4.69, 9.17) is 9.47 Å². The molecular formula is C13H20O7S. The zero-order valence-electron chi connectivity index (χ0n) is 12.0. The molecule has 0 spiro atoms. The van der Waals surface area contributed by atoms with Gasteiger partial charge in [-0.2, -0.15) is 8.42 Å². The molecule has 5 atom stereocenters. The third-order valence-electron chi connectivity index (χ3n) is 4.44. The standard InChI is InChI=1S/C13H20O7S/c1-3-19-12(14)10-7-5-8(9(6-7)21(16,17)18)11(10)13(15)20-4-2/h7-11H,3-6H2,1-2H3,(H,16,17,18). The van der Waals surface area contributed by atoms with E-state index in [2.05, 4.69) is 0 Å². The fourth-order valence-electron chi connectivity index (χ4n) is 3.78. The van der Waals surface area contributed by atoms with Gasteiger partial charge < -0.3 is 9.47 Å². The first-order valence-corrected chi connectivity index (χ1v) is 8.61. The highest BCUT2D eigenvalue weighted by Gasteiger charge is 2.61. The van der Waals surface area contributed by atoms with Gasteiger partial charge in [0.1, 0.15) is 0 Å². The molecule has 5 unspecified atom stereocenters. The number of carbonyl (C=O) groups excluding carboxylic acids is 2. The molecule has 0 aliphatic heterocycles. The second-order valence-corrected chi connectivity index (χ2v) is 7.14. The van der Waals surface area contributed by atoms with Crippen molar-refractivity contribution in [3.05, 3.63) is 0 Å². The third kappa shape index (κ3) is 2.91. The van der Waals surface area contributed by atoms with E-state index in [0.29, 0.717) is 6.42 Å². The summed E-state index contributed by atoms with van der Waals surface area (Å²) >= 11 is 0. The Balaban J connectivity index is 2.29. The molecule has 0 radical (unpaired) electrons. The van der Waals surface area contributed by atoms with E-state index < -0.39 is 45.1 Å². The van der Waals surface area contributed by atoms with Crippen molar-refractivity contribution in [1.82, 2.24) is 0 Å². The van der Waals surface area contributed by atoms with Crippen molar-refractivity contribution in [2.75, 3.05) is 13.2 Å². The van der Waals surface area contributed by atoms with Crippen LogP contribution in [-0.4, -0.2) is 43.4 Å². The van der Waals surface area contributed by atoms with Gasteiger partial charge in [0.2, 0.25) is 0 Å². The third-order valence-corrected chi connectivity index (χ3v) is 5.75. The van der Waals surface area contributed by atoms with Gasteiger partial charge in [-0.05, 0) is 38.5 Å². The molecule has 8 heteroatoms. The average Bonchev–Trinajstić information content (AvgIpc) is 2.95. The molecule has 0 amide bonds. The summed E-state index contributed by atoms with van der Waals surface area (Å²) in [5, 5.41) is -0.998. The Labute approximate surface area is 123 Å². The van der Waals surface area contributed by atoms with Crippen LogP contribution in [0.2, 0.25) is 0 Å². The molecule has 2 rings (SSSR count). The number of rotatable bonds is 5. The summed E-state index contributed by atoms with van der Waals surface area (Å²) < 4.78 is 42.2. The van der Waals surface area contributed by atoms with E-state index >= 15 is 0 Å². The van der Waals surface area contributed by atoms with Gasteiger partial charge in [0, 0.05) is 0 Å². The van der Waals surface area contributed by atoms with Gasteiger partial charge in [0.25, 0.3) is 10.1 Å². The zero-order valence-corrected chi connectivity index (χ0v) is 12.8. The lowest BCUT2D eigenvalue weighted by Crippen LogP contribution is -2.44. The monoisotopic (exact) mass is 320 g/mol. The number of fused-ring (bicyclic) bond motifs is 2. The van der Waals surface area contributed by atoms with Crippen LogP contribution in [0.15, 0.2) is 0 Å². The largest absolute Gasteiger partial charge is 0.466 e. The van der Waals surface area contributed by atoms with E-state index in [-0.39, 0.29) is 25.6 Å². The fourth-order valence-corrected chi connectivity index (χ4v) is 4.99. The molecule has 7 nitrogen and oxygen atoms in total. The zero-order chi connectivity index (χ0) is 15.8. The van der Waals surface area contributed by atoms with Crippen molar-refractivity contribution in [2.45, 2.75) is 31.9 Å². The van der Waals surface area contributed by atoms with Crippen LogP contribution in [0, 0.1) is 23.7 Å². The minimum atomic E-state index is -4.24. The maximum absolute atomic E-state index is 12.1. The Hall–Kier alpha value is -1.15. The highest BCUT2D eigenvalue weighted by molar-refractivity contribution is 7.86. The van der Waals surface area contributed by atoms with Gasteiger partial charge in [-0.15, -0.1) is 0 Å². The molecule has 0 aromatic carbocycles. The first-order chi connectivity index (χ1) is 9.81. The summed E-state index contributed by atoms with van der Waals surface area (Å²) in [5.41, 5.74) is 0. The predicted molar refractivity (Wildman–Crippen MR) is 71.8 cm³/mol. The summed E-state index contributed by atoms with van der Waals surface area (Å²) in [5.74, 6) is -3.45. The maximum atomic E-state index is 12.1. The quantitative estimate of drug-likeness (QED) is 0.585. The number of hydrogen-bond acceptors (Lipinski definition) is 6. The molecule has 0 saturated heterocycles. The van der Waals surface area contributed by atoms with Gasteiger partial charge in [0.15, 0.2) is 0 Å². The Kier molecular flexibility index (Phi) is 4.57. The molecule has 2 aliphatic rings. The van der Waals surface area contributed by atoms with Gasteiger partial charge in [-0.1, -0.05) is 0 Å². The highest BCUT2D eigenvalue weighted by atomic mass is 32.2. The van der Waals surface area contributed by atoms with E-state index in [0.717, 1.165) is 0 Å². The second-order valence-electron chi connectivity index (χ2n) is 5.50. The molecule has 120 valence electrons. The first-order valence-electron chi connectivity index (χ1n) is 7.10. The number of ether oxygens (including phenoxy) is 2. The molecule has 0 heterocycles. The number of esters is 2. The molecule has 1 N–H and O–H groups in total. The smallest absolute Gasteiger partial charge is 0.310 e. The van der Waals surface area contributed by atoms with Gasteiger partial charge in [-0.25, -0.2) is 0 Å². The van der Waals surface area contributed by atoms with Crippen LogP contribution in [0.1, 0.15) is 26.7 Å². The van der Waals surface area contributed by atoms with Crippen molar-refractivity contribution in [1.29, 1.82) is 0 Å². The Morgan fingerprint density at radius 3 is 2.05 bits per heavy atom. The lowest BCUT2D eigenvalue weighted by Gasteiger charge is -2.31. The van der Waals surface area contributed by atoms with Crippen LogP contribution in [0.3, 0.4) is 0 Å². The molecule has 2 bridgehead atoms. The molecule has 2 aliphatic carbocycles. The fraction of sp³-hybridized carbons (Fsp3) is 0.846. The molecule has 2 saturated carbocycles. The molecular weight excluding hydrogens is 300 g/mol. The van der Waals surface area contributed by atoms with Crippen molar-refractivity contribution in [3.63, 3.8) is 0 Å². The predicted octanol–water partition coefficient (Wildman–Crippen LogP) is 0.641. The lowest BCUT2D eigenvalue weighted by molar-refractivity contribution is -0.162. The summed E-state index contributed by atoms with van der Waals surface area (Å²) in [4.78, 5) is 24.2. The van der Waals surface area contributed by atoms with Crippen LogP contribution in [0.25, 0.3) is 0 Å². The van der Waals surface area contributed by atoms with Crippen molar-refractivity contribution in [2.24, 2.45) is 23.7 Å². The summed E-state index contributed by atoms with van der Waals surface area (Å²) in [7, 11) is -4.24. The minimum Gasteiger partial charge on any atom is -0.466 e. The topological polar surface area (TPSA) is 107 Å². The Bertz CT molecular complexity index is 527. The van der Waals surface area contributed by atoms with Gasteiger partial charge >= 0.3 is 11.9 Å². The summed E-state index contributed by atoms with van der Waals surface area (Å²) in [6.45, 7) is 3.67. The summed E-state index contributed by atoms with van der Waals surface area (Å²) in [6, 6.07) is 0. The van der Waals surface area contributed by atoms with Crippen LogP contribution in [0.4, 0.5) is 0 Å². The van der Waals surface area contributed by atoms with E-state index in [1.54, 1.807) is 13.8 Å². The van der Waals surface area contributed by atoms with Crippen LogP contribution >= 0.6 is 0 Å². The van der Waals surface area contributed by atoms with Gasteiger partial charge in [-0.3, -0.25) is 14.1 Å². The van der Waals surface area contributed by atoms with Crippen LogP contribution in [0.5, 0.6) is 0 Å². The van der Waals surface area contributed by atoms with E-state index in [1.165, 1.54) is 0 Å². The number of carbonyl (C=O) groups is 2. The lowest BCUT2D eigenvalue weighted by atomic mass is 9.79. The van der Waals surface area contributed by atoms with E-state index in [9.17, 15) is 22.6 Å². The normalized spacial score (nSPS) is 34.7. The molecule has 21 heavy (non-hydrogen) atoms. The SMILES string of the molecule is CCOC(=O)C1C2CC(C1C(=O)OCC)C(S(=O)(=O)O)C2. The van der Waals surface area contributed by atoms with Crippen molar-refractivity contribution < 1.29 is 32.0 Å². The van der Waals surface area contributed by atoms with E-state index in [1.807, 2.05) is 0 Å². The van der Waals surface area contributed by atoms with Crippen molar-refractivity contribution >= 4 is 22.1 Å². The van der Waals surface area contributed by atoms with Crippen molar-refractivity contribution in [3.8, 4) is 0 Å². The van der Waals surface area contributed by atoms with Crippen LogP contribution < -0.4 is 0 Å². The van der Waals surface area contributed by atoms with Gasteiger partial charge in [0.05, 0.1) is 30.3 Å². The molecule has 0 aromatic heterocycles. The molecule has 0 aromatic rings. The summed E-state index contributed by atoms with van der Waals surface area (Å²) in [6.07, 6.45) is 0.598. The minimum absolute atomic E-state index is 0.152. The highest BCUT2D eigenvalue weighted by Crippen LogP contribution is 2.55. The Morgan fingerprint density at radius 2 is 1.57 bits per heavy atom. The second kappa shape index (κ2) is 5.92. The maximum Gasteiger partial charge on any atom is 0.310 e. The number of hydrogen-bond donors (Lipinski definition) is 1.